The van der Waals surface area contributed by atoms with Gasteiger partial charge in [-0.3, -0.25) is 0 Å². The third-order valence-corrected chi connectivity index (χ3v) is 4.71. The van der Waals surface area contributed by atoms with E-state index in [2.05, 4.69) is 4.98 Å². The lowest BCUT2D eigenvalue weighted by Crippen LogP contribution is -1.97. The number of aromatic carboxylic acids is 1. The molecule has 23 heavy (non-hydrogen) atoms. The molecule has 0 bridgehead atoms. The van der Waals surface area contributed by atoms with Gasteiger partial charge in [0, 0.05) is 0 Å². The Morgan fingerprint density at radius 1 is 1.04 bits per heavy atom. The van der Waals surface area contributed by atoms with E-state index in [0.29, 0.717) is 0 Å². The molecule has 0 spiro atoms. The lowest BCUT2D eigenvalue weighted by Gasteiger charge is -2.07. The van der Waals surface area contributed by atoms with Gasteiger partial charge in [0.1, 0.15) is 11.3 Å². The van der Waals surface area contributed by atoms with Crippen molar-refractivity contribution in [3.63, 3.8) is 0 Å². The second kappa shape index (κ2) is 5.85. The third-order valence-electron chi connectivity index (χ3n) is 3.59. The van der Waals surface area contributed by atoms with Crippen molar-refractivity contribution in [2.45, 2.75) is 13.8 Å². The molecule has 3 aromatic rings. The van der Waals surface area contributed by atoms with E-state index in [4.69, 9.17) is 5.11 Å². The number of aromatic nitrogens is 1. The third kappa shape index (κ3) is 2.96. The largest absolute Gasteiger partial charge is 0.507 e. The molecule has 0 aliphatic carbocycles. The van der Waals surface area contributed by atoms with Gasteiger partial charge in [-0.05, 0) is 48.7 Å². The summed E-state index contributed by atoms with van der Waals surface area (Å²) in [5, 5.41) is 19.8. The zero-order valence-electron chi connectivity index (χ0n) is 12.7. The number of carboxylic acids is 1. The predicted molar refractivity (Wildman–Crippen MR) is 91.1 cm³/mol. The van der Waals surface area contributed by atoms with E-state index < -0.39 is 5.97 Å². The molecule has 0 radical (unpaired) electrons. The predicted octanol–water partition coefficient (Wildman–Crippen LogP) is 4.50. The summed E-state index contributed by atoms with van der Waals surface area (Å²) in [6.45, 7) is 3.96. The molecule has 0 aliphatic heterocycles. The van der Waals surface area contributed by atoms with E-state index >= 15 is 0 Å². The Kier molecular flexibility index (Phi) is 3.88. The molecule has 0 atom stereocenters. The number of hydrogen-bond acceptors (Lipinski definition) is 4. The molecule has 0 unspecified atom stereocenters. The molecule has 0 aliphatic rings. The molecule has 0 saturated heterocycles. The minimum absolute atomic E-state index is 0.0993. The first-order valence-corrected chi connectivity index (χ1v) is 7.88. The standard InChI is InChI=1S/C18H15NO3S/c1-10-17(23-11(2)19-10)14-5-3-4-12(8-14)13-6-7-16(20)15(9-13)18(21)22/h3-9,20H,1-2H3,(H,21,22). The molecule has 3 rings (SSSR count). The van der Waals surface area contributed by atoms with Crippen molar-refractivity contribution in [1.82, 2.24) is 4.98 Å². The maximum absolute atomic E-state index is 11.2. The van der Waals surface area contributed by atoms with E-state index in [1.807, 2.05) is 38.1 Å². The van der Waals surface area contributed by atoms with Gasteiger partial charge >= 0.3 is 5.97 Å². The van der Waals surface area contributed by atoms with Gasteiger partial charge in [-0.1, -0.05) is 24.3 Å². The summed E-state index contributed by atoms with van der Waals surface area (Å²) in [6, 6.07) is 12.5. The average molecular weight is 325 g/mol. The minimum atomic E-state index is -1.14. The van der Waals surface area contributed by atoms with Crippen LogP contribution in [0, 0.1) is 13.8 Å². The quantitative estimate of drug-likeness (QED) is 0.744. The highest BCUT2D eigenvalue weighted by Crippen LogP contribution is 2.33. The van der Waals surface area contributed by atoms with Gasteiger partial charge in [0.2, 0.25) is 0 Å². The van der Waals surface area contributed by atoms with E-state index in [9.17, 15) is 9.90 Å². The minimum Gasteiger partial charge on any atom is -0.507 e. The Balaban J connectivity index is 2.08. The van der Waals surface area contributed by atoms with Crippen LogP contribution in [-0.2, 0) is 0 Å². The number of aromatic hydroxyl groups is 1. The number of nitrogens with zero attached hydrogens (tertiary/aromatic N) is 1. The zero-order chi connectivity index (χ0) is 16.6. The first-order valence-electron chi connectivity index (χ1n) is 7.07. The van der Waals surface area contributed by atoms with Crippen molar-refractivity contribution in [3.8, 4) is 27.3 Å². The number of carbonyl (C=O) groups is 1. The SMILES string of the molecule is Cc1nc(C)c(-c2cccc(-c3ccc(O)c(C(=O)O)c3)c2)s1. The summed E-state index contributed by atoms with van der Waals surface area (Å²) >= 11 is 1.64. The maximum Gasteiger partial charge on any atom is 0.339 e. The first-order chi connectivity index (χ1) is 11.0. The van der Waals surface area contributed by atoms with Crippen LogP contribution in [0.15, 0.2) is 42.5 Å². The van der Waals surface area contributed by atoms with Gasteiger partial charge in [-0.2, -0.15) is 0 Å². The summed E-state index contributed by atoms with van der Waals surface area (Å²) in [5.41, 5.74) is 3.59. The molecule has 0 saturated carbocycles. The number of thiazole rings is 1. The summed E-state index contributed by atoms with van der Waals surface area (Å²) in [7, 11) is 0. The Labute approximate surface area is 137 Å². The fourth-order valence-electron chi connectivity index (χ4n) is 2.53. The van der Waals surface area contributed by atoms with Crippen molar-refractivity contribution in [2.24, 2.45) is 0 Å². The van der Waals surface area contributed by atoms with E-state index in [1.54, 1.807) is 17.4 Å². The van der Waals surface area contributed by atoms with Gasteiger partial charge in [0.25, 0.3) is 0 Å². The smallest absolute Gasteiger partial charge is 0.339 e. The monoisotopic (exact) mass is 325 g/mol. The molecule has 1 heterocycles. The fourth-order valence-corrected chi connectivity index (χ4v) is 3.44. The number of rotatable bonds is 3. The number of benzene rings is 2. The van der Waals surface area contributed by atoms with Crippen LogP contribution in [0.2, 0.25) is 0 Å². The van der Waals surface area contributed by atoms with Gasteiger partial charge < -0.3 is 10.2 Å². The molecule has 0 amide bonds. The second-order valence-electron chi connectivity index (χ2n) is 5.27. The zero-order valence-corrected chi connectivity index (χ0v) is 13.5. The van der Waals surface area contributed by atoms with Crippen molar-refractivity contribution < 1.29 is 15.0 Å². The summed E-state index contributed by atoms with van der Waals surface area (Å²) in [4.78, 5) is 16.7. The van der Waals surface area contributed by atoms with Gasteiger partial charge in [-0.25, -0.2) is 9.78 Å². The van der Waals surface area contributed by atoms with Crippen LogP contribution in [0.1, 0.15) is 21.1 Å². The molecule has 2 N–H and O–H groups in total. The lowest BCUT2D eigenvalue weighted by molar-refractivity contribution is 0.0694. The number of hydrogen-bond donors (Lipinski definition) is 2. The van der Waals surface area contributed by atoms with E-state index in [1.165, 1.54) is 12.1 Å². The highest BCUT2D eigenvalue weighted by Gasteiger charge is 2.12. The normalized spacial score (nSPS) is 10.7. The molecule has 116 valence electrons. The fraction of sp³-hybridized carbons (Fsp3) is 0.111. The van der Waals surface area contributed by atoms with Crippen molar-refractivity contribution in [2.75, 3.05) is 0 Å². The number of carboxylic acid groups (broad SMARTS) is 1. The van der Waals surface area contributed by atoms with Crippen LogP contribution in [0.3, 0.4) is 0 Å². The number of phenols is 1. The highest BCUT2D eigenvalue weighted by molar-refractivity contribution is 7.15. The summed E-state index contributed by atoms with van der Waals surface area (Å²) in [5.74, 6) is -1.37. The molecule has 0 fully saturated rings. The molecule has 4 nitrogen and oxygen atoms in total. The highest BCUT2D eigenvalue weighted by atomic mass is 32.1. The van der Waals surface area contributed by atoms with Gasteiger partial charge in [0.15, 0.2) is 0 Å². The average Bonchev–Trinajstić information content (AvgIpc) is 2.86. The van der Waals surface area contributed by atoms with Crippen LogP contribution in [-0.4, -0.2) is 21.2 Å². The Morgan fingerprint density at radius 2 is 1.74 bits per heavy atom. The number of aryl methyl sites for hydroxylation is 2. The van der Waals surface area contributed by atoms with Crippen molar-refractivity contribution in [3.05, 3.63) is 58.7 Å². The lowest BCUT2D eigenvalue weighted by atomic mass is 10.00. The van der Waals surface area contributed by atoms with Crippen molar-refractivity contribution >= 4 is 17.3 Å². The van der Waals surface area contributed by atoms with Gasteiger partial charge in [-0.15, -0.1) is 11.3 Å². The van der Waals surface area contributed by atoms with E-state index in [-0.39, 0.29) is 11.3 Å². The summed E-state index contributed by atoms with van der Waals surface area (Å²) in [6.07, 6.45) is 0. The Morgan fingerprint density at radius 3 is 2.39 bits per heavy atom. The molecule has 2 aromatic carbocycles. The van der Waals surface area contributed by atoms with Crippen LogP contribution >= 0.6 is 11.3 Å². The van der Waals surface area contributed by atoms with Crippen LogP contribution < -0.4 is 0 Å². The topological polar surface area (TPSA) is 70.4 Å². The molecule has 5 heteroatoms. The second-order valence-corrected chi connectivity index (χ2v) is 6.47. The first kappa shape index (κ1) is 15.2. The summed E-state index contributed by atoms with van der Waals surface area (Å²) < 4.78 is 0. The van der Waals surface area contributed by atoms with Crippen LogP contribution in [0.4, 0.5) is 0 Å². The van der Waals surface area contributed by atoms with Crippen LogP contribution in [0.25, 0.3) is 21.6 Å². The Bertz CT molecular complexity index is 899. The van der Waals surface area contributed by atoms with Gasteiger partial charge in [0.05, 0.1) is 15.6 Å². The Hall–Kier alpha value is -2.66. The molecular weight excluding hydrogens is 310 g/mol. The molecular formula is C18H15NO3S. The molecule has 1 aromatic heterocycles. The maximum atomic E-state index is 11.2. The van der Waals surface area contributed by atoms with E-state index in [0.717, 1.165) is 32.3 Å². The van der Waals surface area contributed by atoms with Crippen molar-refractivity contribution in [1.29, 1.82) is 0 Å². The van der Waals surface area contributed by atoms with Crippen LogP contribution in [0.5, 0.6) is 5.75 Å².